The molecular formula is C19H33N3O2S. The van der Waals surface area contributed by atoms with E-state index >= 15 is 0 Å². The fourth-order valence-electron chi connectivity index (χ4n) is 2.13. The van der Waals surface area contributed by atoms with Crippen LogP contribution in [-0.4, -0.2) is 48.8 Å². The van der Waals surface area contributed by atoms with Crippen molar-refractivity contribution < 1.29 is 8.95 Å². The van der Waals surface area contributed by atoms with E-state index in [9.17, 15) is 4.21 Å². The van der Waals surface area contributed by atoms with Crippen LogP contribution in [0.2, 0.25) is 0 Å². The lowest BCUT2D eigenvalue weighted by molar-refractivity contribution is 0.109. The molecule has 25 heavy (non-hydrogen) atoms. The standard InChI is InChI=1S/C19H33N3O2S/c1-4-20-19(21-11-8-13-24-15-17(2)3)22-12-14-25(23)16-18-9-6-5-7-10-18/h5-7,9-10,17H,4,8,11-16H2,1-3H3,(H2,20,21,22). The molecule has 2 N–H and O–H groups in total. The first-order valence-corrected chi connectivity index (χ1v) is 10.6. The van der Waals surface area contributed by atoms with Gasteiger partial charge in [-0.2, -0.15) is 0 Å². The van der Waals surface area contributed by atoms with Gasteiger partial charge in [0.2, 0.25) is 0 Å². The van der Waals surface area contributed by atoms with Crippen molar-refractivity contribution in [3.63, 3.8) is 0 Å². The largest absolute Gasteiger partial charge is 0.381 e. The fraction of sp³-hybridized carbons (Fsp3) is 0.632. The Kier molecular flexibility index (Phi) is 12.0. The van der Waals surface area contributed by atoms with Gasteiger partial charge in [-0.05, 0) is 24.8 Å². The third kappa shape index (κ3) is 11.7. The van der Waals surface area contributed by atoms with Crippen LogP contribution < -0.4 is 10.6 Å². The molecule has 0 spiro atoms. The van der Waals surface area contributed by atoms with Crippen LogP contribution in [-0.2, 0) is 21.3 Å². The van der Waals surface area contributed by atoms with E-state index in [1.807, 2.05) is 37.3 Å². The summed E-state index contributed by atoms with van der Waals surface area (Å²) in [4.78, 5) is 4.53. The monoisotopic (exact) mass is 367 g/mol. The van der Waals surface area contributed by atoms with Gasteiger partial charge in [0.15, 0.2) is 5.96 Å². The molecule has 0 aliphatic rings. The Labute approximate surface area is 155 Å². The maximum absolute atomic E-state index is 12.1. The first-order valence-electron chi connectivity index (χ1n) is 9.10. The summed E-state index contributed by atoms with van der Waals surface area (Å²) in [6.45, 7) is 10.0. The van der Waals surface area contributed by atoms with Crippen LogP contribution in [0.1, 0.15) is 32.8 Å². The van der Waals surface area contributed by atoms with Crippen LogP contribution >= 0.6 is 0 Å². The number of ether oxygens (including phenoxy) is 1. The van der Waals surface area contributed by atoms with E-state index in [1.165, 1.54) is 0 Å². The van der Waals surface area contributed by atoms with Crippen molar-refractivity contribution in [2.24, 2.45) is 10.9 Å². The summed E-state index contributed by atoms with van der Waals surface area (Å²) < 4.78 is 17.7. The van der Waals surface area contributed by atoms with Crippen molar-refractivity contribution >= 4 is 16.8 Å². The Balaban J connectivity index is 2.22. The molecule has 1 unspecified atom stereocenters. The van der Waals surface area contributed by atoms with Gasteiger partial charge in [0.25, 0.3) is 0 Å². The van der Waals surface area contributed by atoms with Crippen LogP contribution in [0.5, 0.6) is 0 Å². The minimum atomic E-state index is -0.871. The first kappa shape index (κ1) is 21.6. The molecule has 0 aliphatic carbocycles. The predicted molar refractivity (Wildman–Crippen MR) is 107 cm³/mol. The first-order chi connectivity index (χ1) is 12.1. The predicted octanol–water partition coefficient (Wildman–Crippen LogP) is 2.55. The third-order valence-corrected chi connectivity index (χ3v) is 4.62. The normalized spacial score (nSPS) is 13.0. The van der Waals surface area contributed by atoms with Crippen molar-refractivity contribution in [3.8, 4) is 0 Å². The minimum Gasteiger partial charge on any atom is -0.381 e. The van der Waals surface area contributed by atoms with Gasteiger partial charge in [0.05, 0.1) is 0 Å². The molecule has 142 valence electrons. The van der Waals surface area contributed by atoms with Crippen LogP contribution in [0.25, 0.3) is 0 Å². The highest BCUT2D eigenvalue weighted by atomic mass is 32.2. The summed E-state index contributed by atoms with van der Waals surface area (Å²) in [6.07, 6.45) is 0.906. The smallest absolute Gasteiger partial charge is 0.191 e. The highest BCUT2D eigenvalue weighted by molar-refractivity contribution is 7.84. The number of aliphatic imine (C=N–C) groups is 1. The molecule has 0 aromatic heterocycles. The third-order valence-electron chi connectivity index (χ3n) is 3.30. The van der Waals surface area contributed by atoms with Crippen LogP contribution in [0.15, 0.2) is 35.3 Å². The average molecular weight is 368 g/mol. The summed E-state index contributed by atoms with van der Waals surface area (Å²) >= 11 is 0. The van der Waals surface area contributed by atoms with Gasteiger partial charge in [-0.3, -0.25) is 9.20 Å². The maximum Gasteiger partial charge on any atom is 0.191 e. The molecule has 0 bridgehead atoms. The quantitative estimate of drug-likeness (QED) is 0.339. The second kappa shape index (κ2) is 13.8. The van der Waals surface area contributed by atoms with Gasteiger partial charge >= 0.3 is 0 Å². The molecule has 0 amide bonds. The highest BCUT2D eigenvalue weighted by Crippen LogP contribution is 2.02. The van der Waals surface area contributed by atoms with Crippen molar-refractivity contribution in [3.05, 3.63) is 35.9 Å². The molecule has 6 heteroatoms. The van der Waals surface area contributed by atoms with E-state index in [0.717, 1.165) is 44.2 Å². The molecule has 1 rings (SSSR count). The van der Waals surface area contributed by atoms with Crippen molar-refractivity contribution in [2.75, 3.05) is 38.6 Å². The van der Waals surface area contributed by atoms with Crippen molar-refractivity contribution in [2.45, 2.75) is 32.9 Å². The number of guanidine groups is 1. The summed E-state index contributed by atoms with van der Waals surface area (Å²) in [6, 6.07) is 9.95. The summed E-state index contributed by atoms with van der Waals surface area (Å²) in [5.74, 6) is 2.56. The van der Waals surface area contributed by atoms with E-state index < -0.39 is 10.8 Å². The van der Waals surface area contributed by atoms with Gasteiger partial charge in [-0.1, -0.05) is 44.2 Å². The highest BCUT2D eigenvalue weighted by Gasteiger charge is 2.03. The van der Waals surface area contributed by atoms with Gasteiger partial charge in [-0.25, -0.2) is 0 Å². The molecule has 0 heterocycles. The van der Waals surface area contributed by atoms with Crippen LogP contribution in [0.3, 0.4) is 0 Å². The molecule has 1 aromatic carbocycles. The number of nitrogens with zero attached hydrogens (tertiary/aromatic N) is 1. The average Bonchev–Trinajstić information content (AvgIpc) is 2.58. The van der Waals surface area contributed by atoms with Crippen molar-refractivity contribution in [1.82, 2.24) is 10.6 Å². The fourth-order valence-corrected chi connectivity index (χ4v) is 3.17. The minimum absolute atomic E-state index is 0.569. The van der Waals surface area contributed by atoms with Gasteiger partial charge in [0, 0.05) is 55.2 Å². The van der Waals surface area contributed by atoms with Gasteiger partial charge < -0.3 is 15.4 Å². The Hall–Kier alpha value is -1.40. The zero-order chi connectivity index (χ0) is 18.3. The zero-order valence-electron chi connectivity index (χ0n) is 15.8. The lowest BCUT2D eigenvalue weighted by Crippen LogP contribution is -2.39. The lowest BCUT2D eigenvalue weighted by Gasteiger charge is -2.11. The lowest BCUT2D eigenvalue weighted by atomic mass is 10.2. The SMILES string of the molecule is CCNC(=NCCCOCC(C)C)NCCS(=O)Cc1ccccc1. The molecule has 5 nitrogen and oxygen atoms in total. The molecule has 1 aromatic rings. The summed E-state index contributed by atoms with van der Waals surface area (Å²) in [5, 5.41) is 6.47. The van der Waals surface area contributed by atoms with Crippen molar-refractivity contribution in [1.29, 1.82) is 0 Å². The Morgan fingerprint density at radius 3 is 2.68 bits per heavy atom. The maximum atomic E-state index is 12.1. The molecule has 1 atom stereocenters. The summed E-state index contributed by atoms with van der Waals surface area (Å²) in [7, 11) is -0.871. The van der Waals surface area contributed by atoms with E-state index in [2.05, 4.69) is 29.5 Å². The molecule has 0 radical (unpaired) electrons. The van der Waals surface area contributed by atoms with E-state index in [1.54, 1.807) is 0 Å². The van der Waals surface area contributed by atoms with Gasteiger partial charge in [0.1, 0.15) is 0 Å². The molecule has 0 saturated carbocycles. The number of rotatable bonds is 12. The van der Waals surface area contributed by atoms with E-state index in [4.69, 9.17) is 4.74 Å². The Morgan fingerprint density at radius 2 is 2.00 bits per heavy atom. The number of hydrogen-bond donors (Lipinski definition) is 2. The molecule has 0 aliphatic heterocycles. The zero-order valence-corrected chi connectivity index (χ0v) is 16.6. The Morgan fingerprint density at radius 1 is 1.24 bits per heavy atom. The molecule has 0 saturated heterocycles. The van der Waals surface area contributed by atoms with Gasteiger partial charge in [-0.15, -0.1) is 0 Å². The summed E-state index contributed by atoms with van der Waals surface area (Å²) in [5.41, 5.74) is 1.11. The second-order valence-electron chi connectivity index (χ2n) is 6.28. The van der Waals surface area contributed by atoms with E-state index in [-0.39, 0.29) is 0 Å². The molecule has 0 fully saturated rings. The van der Waals surface area contributed by atoms with Crippen LogP contribution in [0.4, 0.5) is 0 Å². The second-order valence-corrected chi connectivity index (χ2v) is 7.86. The number of hydrogen-bond acceptors (Lipinski definition) is 3. The Bertz CT molecular complexity index is 507. The van der Waals surface area contributed by atoms with Crippen LogP contribution in [0, 0.1) is 5.92 Å². The van der Waals surface area contributed by atoms with E-state index in [0.29, 0.717) is 24.0 Å². The number of nitrogens with one attached hydrogen (secondary N) is 2. The molecular weight excluding hydrogens is 334 g/mol. The topological polar surface area (TPSA) is 62.7 Å². The number of benzene rings is 1.